The van der Waals surface area contributed by atoms with Crippen molar-refractivity contribution in [2.24, 2.45) is 17.8 Å². The van der Waals surface area contributed by atoms with E-state index in [1.54, 1.807) is 12.1 Å². The molecule has 0 aliphatic carbocycles. The summed E-state index contributed by atoms with van der Waals surface area (Å²) in [7, 11) is 0. The Balaban J connectivity index is 2.06. The molecule has 2 rings (SSSR count). The van der Waals surface area contributed by atoms with E-state index >= 15 is 0 Å². The lowest BCUT2D eigenvalue weighted by molar-refractivity contribution is 0.0863. The predicted molar refractivity (Wildman–Crippen MR) is 218 cm³/mol. The monoisotopic (exact) mass is 742 g/mol. The van der Waals surface area contributed by atoms with Gasteiger partial charge >= 0.3 is 0 Å². The van der Waals surface area contributed by atoms with Crippen molar-refractivity contribution in [1.29, 1.82) is 0 Å². The zero-order chi connectivity index (χ0) is 38.5. The van der Waals surface area contributed by atoms with Gasteiger partial charge in [-0.1, -0.05) is 137 Å². The molecule has 53 heavy (non-hydrogen) atoms. The summed E-state index contributed by atoms with van der Waals surface area (Å²) in [6, 6.07) is 11.0. The minimum absolute atomic E-state index is 0.0782. The molecule has 0 heterocycles. The molecule has 2 aromatic carbocycles. The number of benzene rings is 2. The number of rotatable bonds is 33. The molecule has 0 spiro atoms. The Hall–Kier alpha value is -2.97. The van der Waals surface area contributed by atoms with Crippen LogP contribution in [0, 0.1) is 17.8 Å². The Bertz CT molecular complexity index is 1170. The Morgan fingerprint density at radius 2 is 1.04 bits per heavy atom. The molecule has 0 fully saturated rings. The van der Waals surface area contributed by atoms with E-state index in [2.05, 4.69) is 46.9 Å². The molecule has 302 valence electrons. The lowest BCUT2D eigenvalue weighted by Crippen LogP contribution is -2.28. The smallest absolute Gasteiger partial charge is 0.251 e. The Morgan fingerprint density at radius 1 is 0.566 bits per heavy atom. The fourth-order valence-corrected chi connectivity index (χ4v) is 6.05. The number of unbranched alkanes of at least 4 members (excludes halogenated alkanes) is 9. The normalized spacial score (nSPS) is 11.4. The third kappa shape index (κ3) is 22.1. The highest BCUT2D eigenvalue weighted by Crippen LogP contribution is 2.40. The molecule has 0 aromatic heterocycles. The number of aliphatic hydroxyl groups excluding tert-OH is 1. The van der Waals surface area contributed by atoms with Gasteiger partial charge in [-0.25, -0.2) is 0 Å². The van der Waals surface area contributed by atoms with Crippen LogP contribution in [0.1, 0.15) is 154 Å². The van der Waals surface area contributed by atoms with Gasteiger partial charge in [-0.3, -0.25) is 4.79 Å². The van der Waals surface area contributed by atoms with Crippen LogP contribution in [0.4, 0.5) is 0 Å². The number of carbonyl (C=O) groups is 1. The topological polar surface area (TPSA) is 95.5 Å². The molecular weight excluding hydrogens is 666 g/mol. The van der Waals surface area contributed by atoms with Gasteiger partial charge in [0.15, 0.2) is 11.5 Å². The molecule has 0 saturated heterocycles. The summed E-state index contributed by atoms with van der Waals surface area (Å²) in [5.41, 5.74) is 1.22. The zero-order valence-electron chi connectivity index (χ0n) is 34.4. The van der Waals surface area contributed by atoms with Crippen molar-refractivity contribution in [3.63, 3.8) is 0 Å². The van der Waals surface area contributed by atoms with E-state index in [0.29, 0.717) is 74.7 Å². The minimum Gasteiger partial charge on any atom is -0.491 e. The van der Waals surface area contributed by atoms with Crippen molar-refractivity contribution in [2.45, 2.75) is 144 Å². The van der Waals surface area contributed by atoms with E-state index in [9.17, 15) is 9.90 Å². The van der Waals surface area contributed by atoms with Gasteiger partial charge in [-0.2, -0.15) is 0 Å². The number of para-hydroxylation sites is 1. The van der Waals surface area contributed by atoms with Crippen LogP contribution in [0.15, 0.2) is 36.4 Å². The molecule has 0 radical (unpaired) electrons. The first-order valence-electron chi connectivity index (χ1n) is 20.9. The number of hydrogen-bond acceptors (Lipinski definition) is 7. The average Bonchev–Trinajstić information content (AvgIpc) is 3.13. The standard InChI is InChI=1S/C45H75NO7/c1-36(2)21-13-7-10-18-27-50-42-33-40(45(48)46-26-30-49-31-32-52-41-25-17-16-24-39(41)35-47)34-43(51-28-19-11-8-14-22-37(3)4)44(42)53-29-20-12-9-15-23-38(5)6/h16-17,24-25,33-34,36-38,47H,7-15,18-23,26-32,35H2,1-6H3,(H,46,48). The van der Waals surface area contributed by atoms with Gasteiger partial charge in [-0.15, -0.1) is 0 Å². The predicted octanol–water partition coefficient (Wildman–Crippen LogP) is 11.0. The molecule has 0 bridgehead atoms. The van der Waals surface area contributed by atoms with Crippen molar-refractivity contribution < 1.29 is 33.6 Å². The number of aliphatic hydroxyl groups is 1. The summed E-state index contributed by atoms with van der Waals surface area (Å²) in [6.07, 6.45) is 17.3. The molecule has 0 unspecified atom stereocenters. The van der Waals surface area contributed by atoms with Crippen LogP contribution < -0.4 is 24.3 Å². The molecule has 1 amide bonds. The second kappa shape index (κ2) is 29.4. The molecular formula is C45H75NO7. The van der Waals surface area contributed by atoms with Crippen molar-refractivity contribution in [2.75, 3.05) is 46.2 Å². The van der Waals surface area contributed by atoms with Gasteiger partial charge in [0.05, 0.1) is 39.6 Å². The van der Waals surface area contributed by atoms with Crippen LogP contribution in [0.2, 0.25) is 0 Å². The van der Waals surface area contributed by atoms with Crippen molar-refractivity contribution >= 4 is 5.91 Å². The summed E-state index contributed by atoms with van der Waals surface area (Å²) < 4.78 is 30.7. The fraction of sp³-hybridized carbons (Fsp3) is 0.711. The SMILES string of the molecule is CC(C)CCCCCCOc1cc(C(=O)NCCOCCOc2ccccc2CO)cc(OCCCCCCC(C)C)c1OCCCCCCC(C)C. The highest BCUT2D eigenvalue weighted by atomic mass is 16.5. The van der Waals surface area contributed by atoms with Gasteiger partial charge in [0.1, 0.15) is 12.4 Å². The summed E-state index contributed by atoms with van der Waals surface area (Å²) in [5.74, 6) is 4.38. The van der Waals surface area contributed by atoms with E-state index in [0.717, 1.165) is 61.8 Å². The maximum Gasteiger partial charge on any atom is 0.251 e. The lowest BCUT2D eigenvalue weighted by atomic mass is 10.0. The average molecular weight is 742 g/mol. The maximum absolute atomic E-state index is 13.5. The second-order valence-electron chi connectivity index (χ2n) is 15.6. The quantitative estimate of drug-likeness (QED) is 0.0703. The van der Waals surface area contributed by atoms with E-state index in [1.807, 2.05) is 24.3 Å². The summed E-state index contributed by atoms with van der Waals surface area (Å²) in [6.45, 7) is 16.7. The summed E-state index contributed by atoms with van der Waals surface area (Å²) in [4.78, 5) is 13.5. The molecule has 8 nitrogen and oxygen atoms in total. The van der Waals surface area contributed by atoms with Gasteiger partial charge in [0, 0.05) is 17.7 Å². The number of carbonyl (C=O) groups excluding carboxylic acids is 1. The highest BCUT2D eigenvalue weighted by Gasteiger charge is 2.19. The van der Waals surface area contributed by atoms with Crippen LogP contribution in [0.5, 0.6) is 23.0 Å². The summed E-state index contributed by atoms with van der Waals surface area (Å²) in [5, 5.41) is 12.5. The molecule has 0 atom stereocenters. The molecule has 8 heteroatoms. The molecule has 0 saturated carbocycles. The van der Waals surface area contributed by atoms with Crippen molar-refractivity contribution in [1.82, 2.24) is 5.32 Å². The highest BCUT2D eigenvalue weighted by molar-refractivity contribution is 5.95. The van der Waals surface area contributed by atoms with Gasteiger partial charge in [0.25, 0.3) is 5.91 Å². The lowest BCUT2D eigenvalue weighted by Gasteiger charge is -2.19. The Labute approximate surface area is 323 Å². The largest absolute Gasteiger partial charge is 0.491 e. The number of nitrogens with one attached hydrogen (secondary N) is 1. The molecule has 0 aliphatic heterocycles. The number of hydrogen-bond donors (Lipinski definition) is 2. The summed E-state index contributed by atoms with van der Waals surface area (Å²) >= 11 is 0. The van der Waals surface area contributed by atoms with Crippen LogP contribution >= 0.6 is 0 Å². The van der Waals surface area contributed by atoms with E-state index in [4.69, 9.17) is 23.7 Å². The van der Waals surface area contributed by atoms with Crippen LogP contribution in [0.25, 0.3) is 0 Å². The van der Waals surface area contributed by atoms with Crippen LogP contribution in [0.3, 0.4) is 0 Å². The van der Waals surface area contributed by atoms with E-state index in [-0.39, 0.29) is 12.5 Å². The Morgan fingerprint density at radius 3 is 1.55 bits per heavy atom. The molecule has 2 aromatic rings. The van der Waals surface area contributed by atoms with Crippen molar-refractivity contribution in [3.8, 4) is 23.0 Å². The minimum atomic E-state index is -0.213. The molecule has 0 aliphatic rings. The second-order valence-corrected chi connectivity index (χ2v) is 15.6. The van der Waals surface area contributed by atoms with Crippen molar-refractivity contribution in [3.05, 3.63) is 47.5 Å². The number of ether oxygens (including phenoxy) is 5. The Kier molecular flexibility index (Phi) is 25.6. The van der Waals surface area contributed by atoms with Gasteiger partial charge < -0.3 is 34.1 Å². The van der Waals surface area contributed by atoms with Crippen LogP contribution in [-0.4, -0.2) is 57.2 Å². The van der Waals surface area contributed by atoms with Gasteiger partial charge in [-0.05, 0) is 55.2 Å². The first-order valence-corrected chi connectivity index (χ1v) is 20.9. The molecule has 2 N–H and O–H groups in total. The van der Waals surface area contributed by atoms with E-state index in [1.165, 1.54) is 57.8 Å². The zero-order valence-corrected chi connectivity index (χ0v) is 34.4. The maximum atomic E-state index is 13.5. The van der Waals surface area contributed by atoms with Gasteiger partial charge in [0.2, 0.25) is 5.75 Å². The first-order chi connectivity index (χ1) is 25.7. The van der Waals surface area contributed by atoms with Crippen LogP contribution in [-0.2, 0) is 11.3 Å². The first kappa shape index (κ1) is 46.2. The fourth-order valence-electron chi connectivity index (χ4n) is 6.05. The third-order valence-electron chi connectivity index (χ3n) is 9.23. The van der Waals surface area contributed by atoms with E-state index < -0.39 is 0 Å². The third-order valence-corrected chi connectivity index (χ3v) is 9.23. The number of amides is 1.